The molecule has 2 amide bonds. The lowest BCUT2D eigenvalue weighted by Gasteiger charge is -2.43. The Labute approximate surface area is 461 Å². The Morgan fingerprint density at radius 2 is 1.51 bits per heavy atom. The van der Waals surface area contributed by atoms with E-state index < -0.39 is 148 Å². The van der Waals surface area contributed by atoms with Gasteiger partial charge in [0.2, 0.25) is 17.6 Å². The second kappa shape index (κ2) is 31.1. The van der Waals surface area contributed by atoms with Crippen molar-refractivity contribution in [2.45, 2.75) is 186 Å². The number of esters is 2. The fourth-order valence-electron chi connectivity index (χ4n) is 10.1. The molecular weight excluding hydrogens is 1050 g/mol. The van der Waals surface area contributed by atoms with Crippen molar-refractivity contribution >= 4 is 43.1 Å². The summed E-state index contributed by atoms with van der Waals surface area (Å²) in [6.45, 7) is 4.24. The molecule has 1 saturated heterocycles. The number of aromatic hydroxyl groups is 2. The van der Waals surface area contributed by atoms with E-state index in [2.05, 4.69) is 17.6 Å². The topological polar surface area (TPSA) is 330 Å². The van der Waals surface area contributed by atoms with E-state index in [1.807, 2.05) is 0 Å². The molecule has 0 aromatic heterocycles. The number of aliphatic hydroxyl groups excluding tert-OH is 2. The Bertz CT molecular complexity index is 2510. The number of carbonyl (C=O) groups is 6. The Morgan fingerprint density at radius 3 is 2.13 bits per heavy atom. The van der Waals surface area contributed by atoms with Gasteiger partial charge in [0.05, 0.1) is 67.5 Å². The van der Waals surface area contributed by atoms with E-state index >= 15 is 0 Å². The molecule has 440 valence electrons. The van der Waals surface area contributed by atoms with Gasteiger partial charge in [-0.25, -0.2) is 4.57 Å². The van der Waals surface area contributed by atoms with Crippen molar-refractivity contribution in [1.29, 1.82) is 0 Å². The monoisotopic (exact) mass is 1130 g/mol. The number of rotatable bonds is 33. The first-order chi connectivity index (χ1) is 37.7. The van der Waals surface area contributed by atoms with Crippen LogP contribution >= 0.6 is 7.82 Å². The molecule has 0 bridgehead atoms. The molecule has 1 heterocycles. The molecule has 0 saturated carbocycles. The number of methoxy groups -OCH3 is 1. The summed E-state index contributed by atoms with van der Waals surface area (Å²) in [6, 6.07) is 4.30. The molecule has 2 aromatic rings. The zero-order chi connectivity index (χ0) is 57.9. The van der Waals surface area contributed by atoms with Crippen molar-refractivity contribution in [3.63, 3.8) is 0 Å². The number of aliphatic hydroxyl groups is 3. The molecule has 8 N–H and O–H groups in total. The van der Waals surface area contributed by atoms with E-state index in [1.165, 1.54) is 76.7 Å². The summed E-state index contributed by atoms with van der Waals surface area (Å²) < 4.78 is 50.9. The van der Waals surface area contributed by atoms with Crippen molar-refractivity contribution in [1.82, 2.24) is 10.6 Å². The first kappa shape index (κ1) is 64.5. The molecule has 2 aliphatic carbocycles. The summed E-state index contributed by atoms with van der Waals surface area (Å²) in [6.07, 6.45) is 8.86. The summed E-state index contributed by atoms with van der Waals surface area (Å²) >= 11 is 0. The predicted octanol–water partition coefficient (Wildman–Crippen LogP) is 6.73. The van der Waals surface area contributed by atoms with Crippen molar-refractivity contribution in [3.05, 3.63) is 63.4 Å². The number of ketones is 2. The Balaban J connectivity index is 1.14. The minimum Gasteiger partial charge on any atom is -0.507 e. The molecular formula is C56H81N2O20P. The number of phenols is 2. The van der Waals surface area contributed by atoms with Crippen molar-refractivity contribution in [3.8, 4) is 17.2 Å². The van der Waals surface area contributed by atoms with Crippen molar-refractivity contribution < 1.29 is 96.5 Å². The van der Waals surface area contributed by atoms with E-state index in [0.717, 1.165) is 31.9 Å². The molecule has 8 atom stereocenters. The van der Waals surface area contributed by atoms with Gasteiger partial charge >= 0.3 is 19.8 Å². The standard InChI is InChI=1S/C56H81N2O20P/c1-6-8-9-10-11-12-13-14-15-16-17-18-19-23-45(63)77-37(32-73-44(62)7-2)33-75-79(70,71)74-25-24-57-42(60)27-43(61)58-30-36(31-59)56(69)28-39-48(41(29-56)78-46-26-34(3)51(64)35(4)76-46)55(68)50-49(53(39)66)52(65)38-21-20-22-40(72-5)47(38)54(50)67/h20-22,30,34-35,37,41,46,51,59,64,66,68-69H,6-19,23-29,31-33H2,1-5H3,(H,57,60)(H,58,61)(H,70,71)/b36-30-. The second-order valence-corrected chi connectivity index (χ2v) is 22.0. The highest BCUT2D eigenvalue weighted by atomic mass is 31.2. The van der Waals surface area contributed by atoms with Gasteiger partial charge in [-0.15, -0.1) is 0 Å². The molecule has 3 aliphatic rings. The molecule has 1 aliphatic heterocycles. The summed E-state index contributed by atoms with van der Waals surface area (Å²) in [4.78, 5) is 88.8. The normalized spacial score (nSPS) is 21.9. The number of benzene rings is 2. The van der Waals surface area contributed by atoms with Gasteiger partial charge in [0.25, 0.3) is 0 Å². The average Bonchev–Trinajstić information content (AvgIpc) is 3.61. The maximum atomic E-state index is 14.1. The lowest BCUT2D eigenvalue weighted by atomic mass is 9.71. The minimum absolute atomic E-state index is 0.0409. The molecule has 0 spiro atoms. The second-order valence-electron chi connectivity index (χ2n) is 20.6. The summed E-state index contributed by atoms with van der Waals surface area (Å²) in [7, 11) is -3.51. The molecule has 79 heavy (non-hydrogen) atoms. The van der Waals surface area contributed by atoms with E-state index in [9.17, 15) is 63.8 Å². The number of phosphoric acid groups is 1. The van der Waals surface area contributed by atoms with Crippen molar-refractivity contribution in [2.75, 3.05) is 40.1 Å². The molecule has 2 aromatic carbocycles. The number of hydrogen-bond acceptors (Lipinski definition) is 19. The third-order valence-electron chi connectivity index (χ3n) is 14.5. The van der Waals surface area contributed by atoms with Crippen LogP contribution in [0.3, 0.4) is 0 Å². The Hall–Kier alpha value is -5.29. The van der Waals surface area contributed by atoms with E-state index in [4.69, 9.17) is 32.7 Å². The van der Waals surface area contributed by atoms with Gasteiger partial charge < -0.3 is 64.7 Å². The first-order valence-corrected chi connectivity index (χ1v) is 29.1. The number of fused-ring (bicyclic) bond motifs is 3. The molecule has 0 radical (unpaired) electrons. The molecule has 23 heteroatoms. The zero-order valence-corrected chi connectivity index (χ0v) is 47.0. The van der Waals surface area contributed by atoms with Crippen molar-refractivity contribution in [2.24, 2.45) is 5.92 Å². The average molecular weight is 1130 g/mol. The van der Waals surface area contributed by atoms with Gasteiger partial charge in [-0.3, -0.25) is 37.8 Å². The Kier molecular flexibility index (Phi) is 25.4. The maximum Gasteiger partial charge on any atom is 0.472 e. The van der Waals surface area contributed by atoms with E-state index in [1.54, 1.807) is 20.8 Å². The van der Waals surface area contributed by atoms with Crippen LogP contribution < -0.4 is 15.4 Å². The lowest BCUT2D eigenvalue weighted by Crippen LogP contribution is -2.46. The third-order valence-corrected chi connectivity index (χ3v) is 15.5. The number of hydrogen-bond donors (Lipinski definition) is 8. The van der Waals surface area contributed by atoms with Crippen LogP contribution in [0.1, 0.15) is 192 Å². The largest absolute Gasteiger partial charge is 0.507 e. The van der Waals surface area contributed by atoms with Gasteiger partial charge in [-0.05, 0) is 25.3 Å². The minimum atomic E-state index is -4.82. The van der Waals surface area contributed by atoms with Gasteiger partial charge in [0.1, 0.15) is 30.3 Å². The van der Waals surface area contributed by atoms with E-state index in [0.29, 0.717) is 6.42 Å². The molecule has 5 rings (SSSR count). The highest BCUT2D eigenvalue weighted by Gasteiger charge is 2.49. The fourth-order valence-corrected chi connectivity index (χ4v) is 10.8. The summed E-state index contributed by atoms with van der Waals surface area (Å²) in [5.41, 5.74) is -4.09. The van der Waals surface area contributed by atoms with Gasteiger partial charge in [-0.2, -0.15) is 0 Å². The quantitative estimate of drug-likeness (QED) is 0.0103. The van der Waals surface area contributed by atoms with E-state index in [-0.39, 0.29) is 65.3 Å². The fraction of sp³-hybridized carbons (Fsp3) is 0.643. The van der Waals surface area contributed by atoms with Gasteiger partial charge in [0.15, 0.2) is 18.2 Å². The maximum absolute atomic E-state index is 14.1. The molecule has 1 fully saturated rings. The predicted molar refractivity (Wildman–Crippen MR) is 285 cm³/mol. The summed E-state index contributed by atoms with van der Waals surface area (Å²) in [5.74, 6) is -6.36. The lowest BCUT2D eigenvalue weighted by molar-refractivity contribution is -0.254. The number of phenolic OH excluding ortho intramolecular Hbond substituents is 2. The molecule has 8 unspecified atom stereocenters. The number of nitrogens with one attached hydrogen (secondary N) is 2. The number of unbranched alkanes of at least 4 members (excludes halogenated alkanes) is 12. The van der Waals surface area contributed by atoms with Crippen LogP contribution in [0.5, 0.6) is 17.2 Å². The SMILES string of the molecule is CCCCCCCCCCCCCCCC(=O)OC(COC(=O)CC)COP(=O)(O)OCCNC(=O)CC(=O)N/C=C(/CO)C1(O)Cc2c(O)c3c(c(O)c2C(OC2CC(C)C(O)C(C)O2)C1)C(=O)c1c(OC)cccc1C3=O. The van der Waals surface area contributed by atoms with Gasteiger partial charge in [-0.1, -0.05) is 110 Å². The summed E-state index contributed by atoms with van der Waals surface area (Å²) in [5, 5.41) is 62.1. The first-order valence-electron chi connectivity index (χ1n) is 27.6. The number of phosphoric ester groups is 1. The third kappa shape index (κ3) is 18.1. The van der Waals surface area contributed by atoms with Crippen LogP contribution in [-0.4, -0.2) is 136 Å². The van der Waals surface area contributed by atoms with Crippen LogP contribution in [0.2, 0.25) is 0 Å². The van der Waals surface area contributed by atoms with Crippen LogP contribution in [0.4, 0.5) is 0 Å². The van der Waals surface area contributed by atoms with Crippen LogP contribution in [0, 0.1) is 5.92 Å². The number of amides is 2. The number of carbonyl (C=O) groups excluding carboxylic acids is 6. The van der Waals surface area contributed by atoms with Crippen LogP contribution in [0.15, 0.2) is 30.0 Å². The zero-order valence-electron chi connectivity index (χ0n) is 46.1. The highest BCUT2D eigenvalue weighted by molar-refractivity contribution is 7.47. The Morgan fingerprint density at radius 1 is 0.861 bits per heavy atom. The molecule has 22 nitrogen and oxygen atoms in total. The van der Waals surface area contributed by atoms with Gasteiger partial charge in [0, 0.05) is 67.1 Å². The number of ether oxygens (including phenoxy) is 5. The van der Waals surface area contributed by atoms with Crippen LogP contribution in [-0.2, 0) is 58.2 Å². The smallest absolute Gasteiger partial charge is 0.472 e. The highest BCUT2D eigenvalue weighted by Crippen LogP contribution is 2.54. The van der Waals surface area contributed by atoms with Crippen LogP contribution in [0.25, 0.3) is 0 Å².